The van der Waals surface area contributed by atoms with Crippen molar-refractivity contribution >= 4 is 151 Å². The minimum absolute atomic E-state index is 0.0296. The first-order valence-corrected chi connectivity index (χ1v) is 28.0. The van der Waals surface area contributed by atoms with Crippen molar-refractivity contribution in [3.05, 3.63) is 217 Å². The first-order chi connectivity index (χ1) is 38.0. The highest BCUT2D eigenvalue weighted by Crippen LogP contribution is 2.59. The summed E-state index contributed by atoms with van der Waals surface area (Å²) in [5.74, 6) is 0. The third kappa shape index (κ3) is 5.27. The Labute approximate surface area is 451 Å². The zero-order valence-electron chi connectivity index (χ0n) is 44.6. The minimum atomic E-state index is 0.0296. The Hall–Kier alpha value is -9.10. The third-order valence-corrected chi connectivity index (χ3v) is 18.9. The summed E-state index contributed by atoms with van der Waals surface area (Å²) in [5, 5.41) is 37.9. The van der Waals surface area contributed by atoms with E-state index in [1.54, 1.807) is 0 Å². The van der Waals surface area contributed by atoms with Crippen LogP contribution in [0.5, 0.6) is 0 Å². The molecule has 0 nitrogen and oxygen atoms in total. The quantitative estimate of drug-likeness (QED) is 0.122. The molecule has 0 atom stereocenters. The fourth-order valence-electron chi connectivity index (χ4n) is 15.5. The predicted molar refractivity (Wildman–Crippen MR) is 341 cm³/mol. The van der Waals surface area contributed by atoms with E-state index < -0.39 is 0 Å². The molecule has 18 rings (SSSR count). The van der Waals surface area contributed by atoms with E-state index >= 15 is 0 Å². The van der Waals surface area contributed by atoms with Crippen LogP contribution < -0.4 is 0 Å². The number of hydrogen-bond acceptors (Lipinski definition) is 0. The largest absolute Gasteiger partial charge is 0.0622 e. The van der Waals surface area contributed by atoms with E-state index in [1.807, 2.05) is 0 Å². The topological polar surface area (TPSA) is 0 Å². The summed E-state index contributed by atoms with van der Waals surface area (Å²) in [6, 6.07) is 80.2. The molecule has 78 heavy (non-hydrogen) atoms. The number of hydrogen-bond donors (Lipinski definition) is 0. The van der Waals surface area contributed by atoms with Gasteiger partial charge in [-0.25, -0.2) is 0 Å². The van der Waals surface area contributed by atoms with Crippen LogP contribution in [0.1, 0.15) is 52.7 Å². The molecule has 0 aliphatic carbocycles. The predicted octanol–water partition coefficient (Wildman–Crippen LogP) is 22.6. The fourth-order valence-corrected chi connectivity index (χ4v) is 15.5. The van der Waals surface area contributed by atoms with Crippen LogP contribution in [-0.2, 0) is 10.8 Å². The molecule has 0 saturated heterocycles. The summed E-state index contributed by atoms with van der Waals surface area (Å²) in [5.41, 5.74) is 10.5. The van der Waals surface area contributed by atoms with Gasteiger partial charge in [0, 0.05) is 0 Å². The molecule has 0 aromatic heterocycles. The van der Waals surface area contributed by atoms with Crippen LogP contribution >= 0.6 is 0 Å². The van der Waals surface area contributed by atoms with Crippen molar-refractivity contribution in [1.29, 1.82) is 0 Å². The van der Waals surface area contributed by atoms with Crippen molar-refractivity contribution < 1.29 is 0 Å². The molecule has 0 radical (unpaired) electrons. The zero-order valence-corrected chi connectivity index (χ0v) is 44.6. The highest BCUT2D eigenvalue weighted by molar-refractivity contribution is 6.54. The van der Waals surface area contributed by atoms with Crippen molar-refractivity contribution in [3.8, 4) is 33.4 Å². The molecule has 0 saturated carbocycles. The van der Waals surface area contributed by atoms with Gasteiger partial charge in [0.25, 0.3) is 0 Å². The van der Waals surface area contributed by atoms with Gasteiger partial charge in [-0.05, 0) is 224 Å². The van der Waals surface area contributed by atoms with Gasteiger partial charge in [-0.15, -0.1) is 0 Å². The molecule has 0 N–H and O–H groups in total. The van der Waals surface area contributed by atoms with Crippen LogP contribution in [0.4, 0.5) is 0 Å². The molecule has 0 heterocycles. The molecule has 18 aromatic carbocycles. The van der Waals surface area contributed by atoms with Gasteiger partial charge in [0.1, 0.15) is 0 Å². The number of fused-ring (bicyclic) bond motifs is 16. The van der Waals surface area contributed by atoms with Crippen LogP contribution in [0.2, 0.25) is 0 Å². The van der Waals surface area contributed by atoms with E-state index in [2.05, 4.69) is 248 Å². The minimum Gasteiger partial charge on any atom is -0.0622 e. The van der Waals surface area contributed by atoms with Crippen LogP contribution in [0.25, 0.3) is 184 Å². The van der Waals surface area contributed by atoms with Gasteiger partial charge in [0.15, 0.2) is 0 Å². The van der Waals surface area contributed by atoms with Gasteiger partial charge >= 0.3 is 0 Å². The SMILES string of the molecule is CC(C)(C)c1ccc(-c2c3cccc4c5cc(C(C)(C)C)ccc5c(c34)c3c4ccc5c6ccc7c8c(-c9ccccc9)c9cc(-c%10ccccc%10)cc%10c%11ccccc%11c(c9%10)c8c8ccc(c9ccc(c23)c4c59)c6c78)cc1. The van der Waals surface area contributed by atoms with Crippen LogP contribution in [-0.4, -0.2) is 0 Å². The molecule has 0 fully saturated rings. The summed E-state index contributed by atoms with van der Waals surface area (Å²) in [6.07, 6.45) is 0. The molecular weight excluding hydrogens is 937 g/mol. The van der Waals surface area contributed by atoms with E-state index in [1.165, 1.54) is 195 Å². The Balaban J connectivity index is 1.01. The smallest absolute Gasteiger partial charge is 0.000696 e. The number of rotatable bonds is 3. The Bertz CT molecular complexity index is 5550. The number of benzene rings is 14. The van der Waals surface area contributed by atoms with Gasteiger partial charge in [-0.2, -0.15) is 0 Å². The second-order valence-electron chi connectivity index (χ2n) is 24.9. The molecule has 0 aliphatic rings. The molecule has 0 bridgehead atoms. The van der Waals surface area contributed by atoms with E-state index in [0.717, 1.165) is 0 Å². The van der Waals surface area contributed by atoms with Gasteiger partial charge in [-0.3, -0.25) is 0 Å². The standard InChI is InChI=1S/C78H52/c1-77(2,3)45-26-24-43(25-27-45)63-55-23-15-22-49-60-40-46(78(4,5)6)28-29-54(60)72(67(49)55)76-59-37-33-52-51-31-35-57-69-58(36-32-53(66(51)69)50-30-34-56(73(63)76)68(59)65(50)52)75-71-48-21-14-13-20-47(48)61-38-44(41-16-9-7-10-17-41)39-62(70(61)71)64(74(57)75)42-18-11-8-12-19-42/h7-40H,1-6H3. The van der Waals surface area contributed by atoms with Crippen LogP contribution in [0.15, 0.2) is 206 Å². The first kappa shape index (κ1) is 43.0. The van der Waals surface area contributed by atoms with Gasteiger partial charge in [0.05, 0.1) is 0 Å². The lowest BCUT2D eigenvalue weighted by molar-refractivity contribution is 0.590. The summed E-state index contributed by atoms with van der Waals surface area (Å²) >= 11 is 0. The molecule has 0 aliphatic heterocycles. The summed E-state index contributed by atoms with van der Waals surface area (Å²) in [7, 11) is 0. The van der Waals surface area contributed by atoms with E-state index in [4.69, 9.17) is 0 Å². The Morgan fingerprint density at radius 2 is 0.526 bits per heavy atom. The zero-order chi connectivity index (χ0) is 51.8. The maximum atomic E-state index is 2.50. The van der Waals surface area contributed by atoms with E-state index in [0.29, 0.717) is 0 Å². The molecule has 18 aromatic rings. The first-order valence-electron chi connectivity index (χ1n) is 28.0. The Morgan fingerprint density at radius 3 is 1.10 bits per heavy atom. The monoisotopic (exact) mass is 988 g/mol. The fraction of sp³-hybridized carbons (Fsp3) is 0.103. The van der Waals surface area contributed by atoms with Crippen molar-refractivity contribution in [2.75, 3.05) is 0 Å². The summed E-state index contributed by atoms with van der Waals surface area (Å²) < 4.78 is 0. The highest BCUT2D eigenvalue weighted by Gasteiger charge is 2.31. The molecule has 0 amide bonds. The highest BCUT2D eigenvalue weighted by atomic mass is 14.3. The van der Waals surface area contributed by atoms with Crippen molar-refractivity contribution in [1.82, 2.24) is 0 Å². The molecule has 0 spiro atoms. The molecule has 0 heteroatoms. The lowest BCUT2D eigenvalue weighted by atomic mass is 9.85. The van der Waals surface area contributed by atoms with Crippen molar-refractivity contribution in [3.63, 3.8) is 0 Å². The van der Waals surface area contributed by atoms with Gasteiger partial charge < -0.3 is 0 Å². The van der Waals surface area contributed by atoms with E-state index in [-0.39, 0.29) is 10.8 Å². The van der Waals surface area contributed by atoms with Gasteiger partial charge in [0.2, 0.25) is 0 Å². The maximum Gasteiger partial charge on any atom is -0.000696 e. The van der Waals surface area contributed by atoms with Crippen molar-refractivity contribution in [2.24, 2.45) is 0 Å². The molecule has 364 valence electrons. The molecular formula is C78H52. The maximum absolute atomic E-state index is 2.50. The normalized spacial score (nSPS) is 13.3. The third-order valence-electron chi connectivity index (χ3n) is 18.9. The lowest BCUT2D eigenvalue weighted by Crippen LogP contribution is -2.10. The second kappa shape index (κ2) is 14.5. The summed E-state index contributed by atoms with van der Waals surface area (Å²) in [4.78, 5) is 0. The Morgan fingerprint density at radius 1 is 0.179 bits per heavy atom. The van der Waals surface area contributed by atoms with E-state index in [9.17, 15) is 0 Å². The lowest BCUT2D eigenvalue weighted by Gasteiger charge is -2.20. The molecule has 0 unspecified atom stereocenters. The van der Waals surface area contributed by atoms with Crippen LogP contribution in [0.3, 0.4) is 0 Å². The van der Waals surface area contributed by atoms with Gasteiger partial charge in [-0.1, -0.05) is 230 Å². The van der Waals surface area contributed by atoms with Crippen LogP contribution in [0, 0.1) is 0 Å². The second-order valence-corrected chi connectivity index (χ2v) is 24.9. The average molecular weight is 989 g/mol. The average Bonchev–Trinajstić information content (AvgIpc) is 4.33. The van der Waals surface area contributed by atoms with Crippen molar-refractivity contribution in [2.45, 2.75) is 52.4 Å². The Kier molecular flexibility index (Phi) is 7.99. The summed E-state index contributed by atoms with van der Waals surface area (Å²) in [6.45, 7) is 14.0.